The first-order valence-corrected chi connectivity index (χ1v) is 7.74. The fraction of sp³-hybridized carbons (Fsp3) is 0.800. The second-order valence-electron chi connectivity index (χ2n) is 6.60. The van der Waals surface area contributed by atoms with Crippen LogP contribution in [-0.4, -0.2) is 48.6 Å². The van der Waals surface area contributed by atoms with Crippen molar-refractivity contribution in [3.05, 3.63) is 0 Å². The fourth-order valence-corrected chi connectivity index (χ4v) is 3.34. The summed E-state index contributed by atoms with van der Waals surface area (Å²) in [6.45, 7) is 2.91. The molecule has 1 fully saturated rings. The molecule has 1 aliphatic heterocycles. The summed E-state index contributed by atoms with van der Waals surface area (Å²) in [5, 5.41) is 6.87. The van der Waals surface area contributed by atoms with Crippen LogP contribution < -0.4 is 10.7 Å². The van der Waals surface area contributed by atoms with E-state index in [2.05, 4.69) is 41.8 Å². The van der Waals surface area contributed by atoms with Gasteiger partial charge in [0.25, 0.3) is 5.91 Å². The number of amides is 2. The van der Waals surface area contributed by atoms with E-state index in [1.165, 1.54) is 12.8 Å². The van der Waals surface area contributed by atoms with Crippen LogP contribution in [0, 0.1) is 5.92 Å². The number of likely N-dealkylation sites (N-methyl/N-ethyl adjacent to an activating group) is 1. The lowest BCUT2D eigenvalue weighted by molar-refractivity contribution is -0.121. The molecule has 0 bridgehead atoms. The second kappa shape index (κ2) is 6.56. The van der Waals surface area contributed by atoms with Gasteiger partial charge in [-0.05, 0) is 32.9 Å². The van der Waals surface area contributed by atoms with E-state index < -0.39 is 0 Å². The smallest absolute Gasteiger partial charge is 0.267 e. The highest BCUT2D eigenvalue weighted by atomic mass is 16.2. The minimum Gasteiger partial charge on any atom is -0.349 e. The van der Waals surface area contributed by atoms with E-state index in [9.17, 15) is 9.59 Å². The van der Waals surface area contributed by atoms with Crippen LogP contribution in [0.5, 0.6) is 0 Å². The Morgan fingerprint density at radius 1 is 1.48 bits per heavy atom. The van der Waals surface area contributed by atoms with Crippen LogP contribution in [0.3, 0.4) is 0 Å². The summed E-state index contributed by atoms with van der Waals surface area (Å²) >= 11 is 0. The third-order valence-electron chi connectivity index (χ3n) is 4.76. The Morgan fingerprint density at radius 3 is 2.81 bits per heavy atom. The minimum atomic E-state index is -0.158. The lowest BCUT2D eigenvalue weighted by Gasteiger charge is -2.45. The lowest BCUT2D eigenvalue weighted by Crippen LogP contribution is -2.56. The Labute approximate surface area is 126 Å². The number of hydrazone groups is 1. The summed E-state index contributed by atoms with van der Waals surface area (Å²) in [5.74, 6) is 0.399. The minimum absolute atomic E-state index is 0.0335. The van der Waals surface area contributed by atoms with E-state index in [1.807, 2.05) is 0 Å². The molecule has 2 N–H and O–H groups in total. The van der Waals surface area contributed by atoms with Gasteiger partial charge in [0.05, 0.1) is 0 Å². The zero-order chi connectivity index (χ0) is 15.5. The quantitative estimate of drug-likeness (QED) is 0.808. The molecule has 6 nitrogen and oxygen atoms in total. The maximum atomic E-state index is 12.2. The zero-order valence-electron chi connectivity index (χ0n) is 13.2. The molecule has 0 aromatic rings. The van der Waals surface area contributed by atoms with Gasteiger partial charge in [0.2, 0.25) is 5.91 Å². The Morgan fingerprint density at radius 2 is 2.24 bits per heavy atom. The average Bonchev–Trinajstić information content (AvgIpc) is 2.45. The third-order valence-corrected chi connectivity index (χ3v) is 4.76. The summed E-state index contributed by atoms with van der Waals surface area (Å²) in [6, 6.07) is 0. The first kappa shape index (κ1) is 15.9. The molecule has 1 heterocycles. The molecule has 0 radical (unpaired) electrons. The van der Waals surface area contributed by atoms with Crippen LogP contribution >= 0.6 is 0 Å². The van der Waals surface area contributed by atoms with Crippen LogP contribution in [0.2, 0.25) is 0 Å². The molecule has 6 heteroatoms. The van der Waals surface area contributed by atoms with Crippen molar-refractivity contribution < 1.29 is 9.59 Å². The number of nitrogens with one attached hydrogen (secondary N) is 2. The van der Waals surface area contributed by atoms with Crippen molar-refractivity contribution in [1.82, 2.24) is 15.6 Å². The maximum absolute atomic E-state index is 12.2. The van der Waals surface area contributed by atoms with Gasteiger partial charge in [0.1, 0.15) is 5.71 Å². The molecule has 2 unspecified atom stereocenters. The third kappa shape index (κ3) is 3.81. The number of carbonyl (C=O) groups excluding carboxylic acids is 2. The van der Waals surface area contributed by atoms with Crippen molar-refractivity contribution in [1.29, 1.82) is 0 Å². The maximum Gasteiger partial charge on any atom is 0.267 e. The lowest BCUT2D eigenvalue weighted by atomic mass is 9.75. The molecule has 118 valence electrons. The molecule has 2 amide bonds. The van der Waals surface area contributed by atoms with E-state index in [4.69, 9.17) is 0 Å². The predicted molar refractivity (Wildman–Crippen MR) is 81.9 cm³/mol. The van der Waals surface area contributed by atoms with Crippen LogP contribution in [0.1, 0.15) is 45.4 Å². The van der Waals surface area contributed by atoms with Crippen LogP contribution in [0.15, 0.2) is 5.10 Å². The van der Waals surface area contributed by atoms with E-state index in [1.54, 1.807) is 0 Å². The topological polar surface area (TPSA) is 73.8 Å². The van der Waals surface area contributed by atoms with Gasteiger partial charge in [-0.2, -0.15) is 5.10 Å². The molecule has 1 saturated carbocycles. The van der Waals surface area contributed by atoms with Crippen LogP contribution in [0.25, 0.3) is 0 Å². The molecule has 0 aromatic heterocycles. The molecule has 0 aromatic carbocycles. The number of carbonyl (C=O) groups is 2. The van der Waals surface area contributed by atoms with Crippen molar-refractivity contribution >= 4 is 17.5 Å². The molecule has 0 spiro atoms. The summed E-state index contributed by atoms with van der Waals surface area (Å²) in [5.41, 5.74) is 2.83. The highest BCUT2D eigenvalue weighted by Gasteiger charge is 2.37. The number of hydrogen-bond donors (Lipinski definition) is 2. The molecular weight excluding hydrogens is 268 g/mol. The Balaban J connectivity index is 1.96. The second-order valence-corrected chi connectivity index (χ2v) is 6.60. The Bertz CT molecular complexity index is 447. The molecule has 1 aliphatic carbocycles. The number of nitrogens with zero attached hydrogens (tertiary/aromatic N) is 2. The predicted octanol–water partition coefficient (Wildman–Crippen LogP) is 0.879. The summed E-state index contributed by atoms with van der Waals surface area (Å²) in [6.07, 6.45) is 5.43. The number of rotatable bonds is 4. The van der Waals surface area contributed by atoms with Crippen LogP contribution in [0.4, 0.5) is 0 Å². The first-order valence-electron chi connectivity index (χ1n) is 7.74. The Hall–Kier alpha value is -1.43. The summed E-state index contributed by atoms with van der Waals surface area (Å²) < 4.78 is 0. The molecule has 0 saturated heterocycles. The van der Waals surface area contributed by atoms with Crippen molar-refractivity contribution in [2.45, 2.75) is 51.0 Å². The van der Waals surface area contributed by atoms with Gasteiger partial charge in [0.15, 0.2) is 0 Å². The normalized spacial score (nSPS) is 29.8. The summed E-state index contributed by atoms with van der Waals surface area (Å²) in [7, 11) is 4.17. The molecule has 21 heavy (non-hydrogen) atoms. The van der Waals surface area contributed by atoms with Crippen LogP contribution in [-0.2, 0) is 9.59 Å². The molecule has 2 rings (SSSR count). The van der Waals surface area contributed by atoms with Gasteiger partial charge in [-0.3, -0.25) is 9.59 Å². The number of hydrogen-bond acceptors (Lipinski definition) is 4. The van der Waals surface area contributed by atoms with E-state index in [0.29, 0.717) is 31.0 Å². The summed E-state index contributed by atoms with van der Waals surface area (Å²) in [4.78, 5) is 25.5. The van der Waals surface area contributed by atoms with Gasteiger partial charge in [-0.15, -0.1) is 0 Å². The first-order chi connectivity index (χ1) is 9.93. The van der Waals surface area contributed by atoms with Gasteiger partial charge >= 0.3 is 0 Å². The van der Waals surface area contributed by atoms with Gasteiger partial charge in [-0.1, -0.05) is 19.8 Å². The molecule has 2 aliphatic rings. The Kier molecular flexibility index (Phi) is 4.98. The highest BCUT2D eigenvalue weighted by molar-refractivity contribution is 6.39. The monoisotopic (exact) mass is 294 g/mol. The highest BCUT2D eigenvalue weighted by Crippen LogP contribution is 2.35. The van der Waals surface area contributed by atoms with E-state index in [-0.39, 0.29) is 17.4 Å². The van der Waals surface area contributed by atoms with Crippen molar-refractivity contribution in [3.8, 4) is 0 Å². The zero-order valence-corrected chi connectivity index (χ0v) is 13.2. The van der Waals surface area contributed by atoms with Crippen molar-refractivity contribution in [3.63, 3.8) is 0 Å². The average molecular weight is 294 g/mol. The van der Waals surface area contributed by atoms with Gasteiger partial charge in [-0.25, -0.2) is 5.43 Å². The SMILES string of the molecule is CC1CCCC(CNC(=O)C2=NNC(=O)CC2)(N(C)C)C1. The van der Waals surface area contributed by atoms with Crippen molar-refractivity contribution in [2.24, 2.45) is 11.0 Å². The largest absolute Gasteiger partial charge is 0.349 e. The van der Waals surface area contributed by atoms with E-state index in [0.717, 1.165) is 12.8 Å². The molecule has 2 atom stereocenters. The standard InChI is InChI=1S/C15H26N4O2/c1-11-5-4-8-15(9-11,19(2)3)10-16-14(21)12-6-7-13(20)18-17-12/h11H,4-10H2,1-3H3,(H,16,21)(H,18,20). The van der Waals surface area contributed by atoms with Gasteiger partial charge in [0, 0.05) is 24.9 Å². The van der Waals surface area contributed by atoms with Crippen molar-refractivity contribution in [2.75, 3.05) is 20.6 Å². The fourth-order valence-electron chi connectivity index (χ4n) is 3.34. The van der Waals surface area contributed by atoms with E-state index >= 15 is 0 Å². The molecular formula is C15H26N4O2. The van der Waals surface area contributed by atoms with Gasteiger partial charge < -0.3 is 10.2 Å².